The molecule has 1 aromatic carbocycles. The third-order valence-electron chi connectivity index (χ3n) is 2.91. The minimum atomic E-state index is 0.0664. The van der Waals surface area contributed by atoms with Gasteiger partial charge in [0.05, 0.1) is 11.2 Å². The van der Waals surface area contributed by atoms with E-state index in [1.807, 2.05) is 37.3 Å². The van der Waals surface area contributed by atoms with Gasteiger partial charge in [-0.1, -0.05) is 34.1 Å². The zero-order valence-corrected chi connectivity index (χ0v) is 12.5. The summed E-state index contributed by atoms with van der Waals surface area (Å²) in [5.41, 5.74) is 2.68. The van der Waals surface area contributed by atoms with Crippen molar-refractivity contribution < 1.29 is 4.79 Å². The Morgan fingerprint density at radius 1 is 1.32 bits per heavy atom. The Labute approximate surface area is 121 Å². The molecule has 19 heavy (non-hydrogen) atoms. The van der Waals surface area contributed by atoms with E-state index in [2.05, 4.69) is 26.2 Å². The van der Waals surface area contributed by atoms with Crippen molar-refractivity contribution in [2.75, 3.05) is 10.6 Å². The number of unbranched alkanes of at least 4 members (excludes halogenated alkanes) is 1. The summed E-state index contributed by atoms with van der Waals surface area (Å²) < 4.78 is 0. The molecule has 0 aliphatic carbocycles. The first-order valence-corrected chi connectivity index (χ1v) is 7.55. The molecule has 0 aliphatic heterocycles. The molecule has 3 nitrogen and oxygen atoms in total. The number of hydrogen-bond acceptors (Lipinski definition) is 2. The van der Waals surface area contributed by atoms with Gasteiger partial charge in [0.1, 0.15) is 0 Å². The van der Waals surface area contributed by atoms with Crippen LogP contribution in [0.1, 0.15) is 25.0 Å². The normalized spacial score (nSPS) is 10.6. The molecule has 0 bridgehead atoms. The Bertz CT molecular complexity index is 583. The van der Waals surface area contributed by atoms with Crippen LogP contribution < -0.4 is 5.32 Å². The zero-order valence-electron chi connectivity index (χ0n) is 10.9. The molecule has 0 fully saturated rings. The summed E-state index contributed by atoms with van der Waals surface area (Å²) in [5.74, 6) is 0.0664. The van der Waals surface area contributed by atoms with Gasteiger partial charge in [0.15, 0.2) is 0 Å². The Hall–Kier alpha value is -1.42. The molecule has 1 heterocycles. The van der Waals surface area contributed by atoms with Crippen LogP contribution in [-0.2, 0) is 4.79 Å². The highest BCUT2D eigenvalue weighted by Gasteiger charge is 2.07. The molecule has 4 heteroatoms. The largest absolute Gasteiger partial charge is 0.325 e. The molecule has 0 saturated carbocycles. The summed E-state index contributed by atoms with van der Waals surface area (Å²) in [6.45, 7) is 1.94. The van der Waals surface area contributed by atoms with Crippen molar-refractivity contribution >= 4 is 38.4 Å². The topological polar surface area (TPSA) is 42.0 Å². The number of pyridine rings is 1. The van der Waals surface area contributed by atoms with E-state index in [0.717, 1.165) is 40.5 Å². The number of amides is 1. The van der Waals surface area contributed by atoms with Gasteiger partial charge in [-0.3, -0.25) is 9.78 Å². The fraction of sp³-hybridized carbons (Fsp3) is 0.333. The van der Waals surface area contributed by atoms with Crippen LogP contribution in [0.2, 0.25) is 0 Å². The number of fused-ring (bicyclic) bond motifs is 1. The molecule has 2 rings (SSSR count). The van der Waals surface area contributed by atoms with E-state index in [1.54, 1.807) is 0 Å². The molecule has 0 unspecified atom stereocenters. The molecule has 0 spiro atoms. The maximum absolute atomic E-state index is 11.9. The maximum atomic E-state index is 11.9. The molecule has 0 saturated heterocycles. The first kappa shape index (κ1) is 14.0. The van der Waals surface area contributed by atoms with Crippen LogP contribution in [0.15, 0.2) is 30.3 Å². The van der Waals surface area contributed by atoms with Crippen LogP contribution in [0.5, 0.6) is 0 Å². The van der Waals surface area contributed by atoms with Gasteiger partial charge in [0.25, 0.3) is 0 Å². The second kappa shape index (κ2) is 6.66. The second-order valence-electron chi connectivity index (χ2n) is 4.52. The number of anilines is 1. The van der Waals surface area contributed by atoms with Crippen molar-refractivity contribution in [2.45, 2.75) is 26.2 Å². The van der Waals surface area contributed by atoms with Gasteiger partial charge in [-0.2, -0.15) is 0 Å². The van der Waals surface area contributed by atoms with Gasteiger partial charge in [-0.25, -0.2) is 0 Å². The van der Waals surface area contributed by atoms with E-state index in [1.165, 1.54) is 0 Å². The summed E-state index contributed by atoms with van der Waals surface area (Å²) >= 11 is 3.37. The van der Waals surface area contributed by atoms with E-state index in [0.29, 0.717) is 6.42 Å². The van der Waals surface area contributed by atoms with E-state index in [9.17, 15) is 4.79 Å². The number of rotatable bonds is 5. The highest BCUT2D eigenvalue weighted by atomic mass is 79.9. The Morgan fingerprint density at radius 2 is 2.11 bits per heavy atom. The molecule has 0 aliphatic rings. The van der Waals surface area contributed by atoms with Crippen LogP contribution in [-0.4, -0.2) is 16.2 Å². The maximum Gasteiger partial charge on any atom is 0.224 e. The molecule has 1 N–H and O–H groups in total. The standard InChI is InChI=1S/C15H17BrN2O/c1-11-10-14(18-15(19)8-4-5-9-16)12-6-2-3-7-13(12)17-11/h2-3,6-7,10H,4-5,8-9H2,1H3,(H,17,18,19). The average Bonchev–Trinajstić information content (AvgIpc) is 2.39. The fourth-order valence-electron chi connectivity index (χ4n) is 2.00. The fourth-order valence-corrected chi connectivity index (χ4v) is 2.40. The number of benzene rings is 1. The second-order valence-corrected chi connectivity index (χ2v) is 5.32. The average molecular weight is 321 g/mol. The minimum Gasteiger partial charge on any atom is -0.325 e. The molecule has 2 aromatic rings. The summed E-state index contributed by atoms with van der Waals surface area (Å²) in [5, 5.41) is 4.92. The summed E-state index contributed by atoms with van der Waals surface area (Å²) in [7, 11) is 0. The van der Waals surface area contributed by atoms with E-state index in [4.69, 9.17) is 0 Å². The first-order chi connectivity index (χ1) is 9.20. The van der Waals surface area contributed by atoms with Crippen molar-refractivity contribution in [3.8, 4) is 0 Å². The van der Waals surface area contributed by atoms with Gasteiger partial charge in [-0.05, 0) is 31.9 Å². The number of aromatic nitrogens is 1. The Balaban J connectivity index is 2.18. The molecular formula is C15H17BrN2O. The highest BCUT2D eigenvalue weighted by Crippen LogP contribution is 2.23. The van der Waals surface area contributed by atoms with Crippen LogP contribution in [0, 0.1) is 6.92 Å². The molecule has 1 aromatic heterocycles. The van der Waals surface area contributed by atoms with Crippen molar-refractivity contribution in [3.05, 3.63) is 36.0 Å². The number of para-hydroxylation sites is 1. The van der Waals surface area contributed by atoms with E-state index < -0.39 is 0 Å². The monoisotopic (exact) mass is 320 g/mol. The number of halogens is 1. The summed E-state index contributed by atoms with van der Waals surface area (Å²) in [6, 6.07) is 9.78. The van der Waals surface area contributed by atoms with E-state index in [-0.39, 0.29) is 5.91 Å². The third-order valence-corrected chi connectivity index (χ3v) is 3.47. The predicted octanol–water partition coefficient (Wildman–Crippen LogP) is 4.05. The lowest BCUT2D eigenvalue weighted by Gasteiger charge is -2.09. The number of nitrogens with one attached hydrogen (secondary N) is 1. The number of alkyl halides is 1. The Kier molecular flexibility index (Phi) is 4.91. The van der Waals surface area contributed by atoms with Gasteiger partial charge >= 0.3 is 0 Å². The van der Waals surface area contributed by atoms with Crippen molar-refractivity contribution in [2.24, 2.45) is 0 Å². The van der Waals surface area contributed by atoms with Crippen molar-refractivity contribution in [1.82, 2.24) is 4.98 Å². The predicted molar refractivity (Wildman–Crippen MR) is 82.8 cm³/mol. The van der Waals surface area contributed by atoms with Crippen LogP contribution in [0.3, 0.4) is 0 Å². The van der Waals surface area contributed by atoms with Crippen LogP contribution in [0.25, 0.3) is 10.9 Å². The minimum absolute atomic E-state index is 0.0664. The quantitative estimate of drug-likeness (QED) is 0.667. The lowest BCUT2D eigenvalue weighted by atomic mass is 10.1. The van der Waals surface area contributed by atoms with Gasteiger partial charge < -0.3 is 5.32 Å². The molecule has 1 amide bonds. The lowest BCUT2D eigenvalue weighted by molar-refractivity contribution is -0.116. The van der Waals surface area contributed by atoms with Gasteiger partial charge in [0.2, 0.25) is 5.91 Å². The zero-order chi connectivity index (χ0) is 13.7. The number of nitrogens with zero attached hydrogens (tertiary/aromatic N) is 1. The van der Waals surface area contributed by atoms with Gasteiger partial charge in [-0.15, -0.1) is 0 Å². The number of carbonyl (C=O) groups excluding carboxylic acids is 1. The smallest absolute Gasteiger partial charge is 0.224 e. The first-order valence-electron chi connectivity index (χ1n) is 6.43. The van der Waals surface area contributed by atoms with Crippen molar-refractivity contribution in [1.29, 1.82) is 0 Å². The molecule has 0 atom stereocenters. The summed E-state index contributed by atoms with van der Waals surface area (Å²) in [6.07, 6.45) is 2.48. The molecular weight excluding hydrogens is 304 g/mol. The van der Waals surface area contributed by atoms with Crippen molar-refractivity contribution in [3.63, 3.8) is 0 Å². The van der Waals surface area contributed by atoms with E-state index >= 15 is 0 Å². The lowest BCUT2D eigenvalue weighted by Crippen LogP contribution is -2.12. The van der Waals surface area contributed by atoms with Gasteiger partial charge in [0, 0.05) is 22.8 Å². The number of hydrogen-bond donors (Lipinski definition) is 1. The molecule has 0 radical (unpaired) electrons. The highest BCUT2D eigenvalue weighted by molar-refractivity contribution is 9.09. The SMILES string of the molecule is Cc1cc(NC(=O)CCCCBr)c2ccccc2n1. The van der Waals surface area contributed by atoms with Crippen LogP contribution in [0.4, 0.5) is 5.69 Å². The third kappa shape index (κ3) is 3.77. The number of carbonyl (C=O) groups is 1. The Morgan fingerprint density at radius 3 is 2.89 bits per heavy atom. The van der Waals surface area contributed by atoms with Crippen LogP contribution >= 0.6 is 15.9 Å². The number of aryl methyl sites for hydroxylation is 1. The molecule has 100 valence electrons. The summed E-state index contributed by atoms with van der Waals surface area (Å²) in [4.78, 5) is 16.4.